The van der Waals surface area contributed by atoms with Crippen LogP contribution in [0, 0.1) is 0 Å². The Labute approximate surface area is 112 Å². The zero-order valence-electron chi connectivity index (χ0n) is 8.03. The van der Waals surface area contributed by atoms with E-state index in [1.807, 2.05) is 0 Å². The number of hydrogen-bond donors (Lipinski definition) is 0. The van der Waals surface area contributed by atoms with Crippen molar-refractivity contribution in [3.63, 3.8) is 0 Å². The van der Waals surface area contributed by atoms with Gasteiger partial charge >= 0.3 is 41.5 Å². The second kappa shape index (κ2) is 11.5. The predicted octanol–water partition coefficient (Wildman–Crippen LogP) is 0.577. The SMILES string of the molecule is C=CCOC(=O)CCC(=O)OCC=C.[NaH]. The first-order valence-electron chi connectivity index (χ1n) is 4.23. The van der Waals surface area contributed by atoms with Crippen molar-refractivity contribution in [3.8, 4) is 0 Å². The first kappa shape index (κ1) is 16.8. The molecule has 0 saturated heterocycles. The molecule has 0 N–H and O–H groups in total. The Balaban J connectivity index is 0. The summed E-state index contributed by atoms with van der Waals surface area (Å²) in [5, 5.41) is 0. The van der Waals surface area contributed by atoms with Gasteiger partial charge in [-0.2, -0.15) is 0 Å². The van der Waals surface area contributed by atoms with Crippen LogP contribution < -0.4 is 0 Å². The summed E-state index contributed by atoms with van der Waals surface area (Å²) in [4.78, 5) is 21.8. The maximum absolute atomic E-state index is 10.9. The first-order chi connectivity index (χ1) is 6.70. The van der Waals surface area contributed by atoms with E-state index in [4.69, 9.17) is 0 Å². The van der Waals surface area contributed by atoms with Crippen molar-refractivity contribution in [2.24, 2.45) is 0 Å². The van der Waals surface area contributed by atoms with Crippen LogP contribution in [0.1, 0.15) is 12.8 Å². The molecule has 0 spiro atoms. The van der Waals surface area contributed by atoms with Crippen molar-refractivity contribution in [3.05, 3.63) is 25.3 Å². The Bertz CT molecular complexity index is 201. The van der Waals surface area contributed by atoms with Crippen LogP contribution in [0.4, 0.5) is 0 Å². The van der Waals surface area contributed by atoms with E-state index in [1.165, 1.54) is 12.2 Å². The molecule has 0 saturated carbocycles. The van der Waals surface area contributed by atoms with Gasteiger partial charge < -0.3 is 9.47 Å². The first-order valence-corrected chi connectivity index (χ1v) is 4.23. The minimum absolute atomic E-state index is 0. The molecule has 80 valence electrons. The van der Waals surface area contributed by atoms with Crippen molar-refractivity contribution in [2.45, 2.75) is 12.8 Å². The molecule has 0 radical (unpaired) electrons. The van der Waals surface area contributed by atoms with E-state index in [1.54, 1.807) is 0 Å². The molecule has 0 aliphatic rings. The second-order valence-electron chi connectivity index (χ2n) is 2.44. The van der Waals surface area contributed by atoms with E-state index in [-0.39, 0.29) is 55.6 Å². The average Bonchev–Trinajstić information content (AvgIpc) is 2.20. The van der Waals surface area contributed by atoms with Gasteiger partial charge in [0.05, 0.1) is 12.8 Å². The summed E-state index contributed by atoms with van der Waals surface area (Å²) in [6.07, 6.45) is 3.00. The van der Waals surface area contributed by atoms with Crippen molar-refractivity contribution in [1.82, 2.24) is 0 Å². The molecule has 0 unspecified atom stereocenters. The van der Waals surface area contributed by atoms with Gasteiger partial charge in [0.15, 0.2) is 0 Å². The Kier molecular flexibility index (Phi) is 12.9. The molecule has 0 aromatic carbocycles. The standard InChI is InChI=1S/C10H14O4.Na.H/c1-3-7-13-9(11)5-6-10(12)14-8-4-2;;/h3-4H,1-2,5-8H2;;. The number of rotatable bonds is 7. The molecule has 0 bridgehead atoms. The van der Waals surface area contributed by atoms with Crippen LogP contribution in [0.2, 0.25) is 0 Å². The van der Waals surface area contributed by atoms with Gasteiger partial charge in [-0.25, -0.2) is 0 Å². The Morgan fingerprint density at radius 2 is 1.27 bits per heavy atom. The summed E-state index contributed by atoms with van der Waals surface area (Å²) in [6.45, 7) is 7.11. The van der Waals surface area contributed by atoms with Crippen LogP contribution in [0.5, 0.6) is 0 Å². The summed E-state index contributed by atoms with van der Waals surface area (Å²) < 4.78 is 9.32. The van der Waals surface area contributed by atoms with E-state index < -0.39 is 11.9 Å². The van der Waals surface area contributed by atoms with E-state index in [0.717, 1.165) is 0 Å². The van der Waals surface area contributed by atoms with Gasteiger partial charge in [-0.05, 0) is 0 Å². The fourth-order valence-electron chi connectivity index (χ4n) is 0.652. The Hall–Kier alpha value is -0.580. The molecule has 5 heteroatoms. The van der Waals surface area contributed by atoms with Gasteiger partial charge in [0, 0.05) is 0 Å². The summed E-state index contributed by atoms with van der Waals surface area (Å²) in [6, 6.07) is 0. The van der Waals surface area contributed by atoms with Gasteiger partial charge in [0.25, 0.3) is 0 Å². The molecule has 15 heavy (non-hydrogen) atoms. The van der Waals surface area contributed by atoms with Gasteiger partial charge in [-0.3, -0.25) is 9.59 Å². The molecule has 0 aromatic rings. The monoisotopic (exact) mass is 222 g/mol. The van der Waals surface area contributed by atoms with Gasteiger partial charge in [0.2, 0.25) is 0 Å². The number of ether oxygens (including phenoxy) is 2. The minimum atomic E-state index is -0.430. The third-order valence-electron chi connectivity index (χ3n) is 1.26. The molecule has 0 amide bonds. The van der Waals surface area contributed by atoms with E-state index in [9.17, 15) is 9.59 Å². The molecular formula is C10H15NaO4. The molecule has 4 nitrogen and oxygen atoms in total. The summed E-state index contributed by atoms with van der Waals surface area (Å²) in [5.74, 6) is -0.860. The Morgan fingerprint density at radius 3 is 1.53 bits per heavy atom. The molecule has 0 aromatic heterocycles. The van der Waals surface area contributed by atoms with Crippen LogP contribution in [0.3, 0.4) is 0 Å². The molecule has 0 fully saturated rings. The molecule has 0 rings (SSSR count). The number of hydrogen-bond acceptors (Lipinski definition) is 4. The normalized spacial score (nSPS) is 8.27. The van der Waals surface area contributed by atoms with Crippen molar-refractivity contribution in [2.75, 3.05) is 13.2 Å². The van der Waals surface area contributed by atoms with E-state index >= 15 is 0 Å². The third-order valence-corrected chi connectivity index (χ3v) is 1.26. The molecule has 0 aliphatic heterocycles. The summed E-state index contributed by atoms with van der Waals surface area (Å²) in [7, 11) is 0. The van der Waals surface area contributed by atoms with Gasteiger partial charge in [-0.15, -0.1) is 0 Å². The van der Waals surface area contributed by atoms with E-state index in [2.05, 4.69) is 22.6 Å². The van der Waals surface area contributed by atoms with Crippen molar-refractivity contribution in [1.29, 1.82) is 0 Å². The van der Waals surface area contributed by atoms with Gasteiger partial charge in [0.1, 0.15) is 13.2 Å². The zero-order valence-corrected chi connectivity index (χ0v) is 8.03. The second-order valence-corrected chi connectivity index (χ2v) is 2.44. The molecule has 0 aliphatic carbocycles. The fraction of sp³-hybridized carbons (Fsp3) is 0.400. The predicted molar refractivity (Wildman–Crippen MR) is 58.7 cm³/mol. The topological polar surface area (TPSA) is 52.6 Å². The van der Waals surface area contributed by atoms with E-state index in [0.29, 0.717) is 0 Å². The van der Waals surface area contributed by atoms with Crippen LogP contribution in [0.15, 0.2) is 25.3 Å². The quantitative estimate of drug-likeness (QED) is 0.359. The van der Waals surface area contributed by atoms with Crippen molar-refractivity contribution >= 4 is 41.5 Å². The number of carbonyl (C=O) groups excluding carboxylic acids is 2. The Morgan fingerprint density at radius 1 is 0.933 bits per heavy atom. The molecular weight excluding hydrogens is 207 g/mol. The number of carbonyl (C=O) groups is 2. The van der Waals surface area contributed by atoms with Crippen molar-refractivity contribution < 1.29 is 19.1 Å². The van der Waals surface area contributed by atoms with Crippen LogP contribution in [-0.2, 0) is 19.1 Å². The molecule has 0 atom stereocenters. The maximum atomic E-state index is 10.9. The third kappa shape index (κ3) is 11.3. The molecule has 0 heterocycles. The average molecular weight is 222 g/mol. The van der Waals surface area contributed by atoms with Crippen LogP contribution in [-0.4, -0.2) is 54.7 Å². The van der Waals surface area contributed by atoms with Gasteiger partial charge in [-0.1, -0.05) is 25.3 Å². The van der Waals surface area contributed by atoms with Crippen LogP contribution >= 0.6 is 0 Å². The summed E-state index contributed by atoms with van der Waals surface area (Å²) >= 11 is 0. The fourth-order valence-corrected chi connectivity index (χ4v) is 0.652. The summed E-state index contributed by atoms with van der Waals surface area (Å²) in [5.41, 5.74) is 0. The van der Waals surface area contributed by atoms with Crippen LogP contribution in [0.25, 0.3) is 0 Å². The zero-order chi connectivity index (χ0) is 10.8. The number of esters is 2.